The van der Waals surface area contributed by atoms with Crippen molar-refractivity contribution in [1.82, 2.24) is 10.6 Å². The van der Waals surface area contributed by atoms with E-state index in [1.807, 2.05) is 13.8 Å². The third kappa shape index (κ3) is 31.0. The molecule has 0 atom stereocenters. The highest BCUT2D eigenvalue weighted by atomic mass is 31.2. The highest BCUT2D eigenvalue weighted by Crippen LogP contribution is 2.42. The lowest BCUT2D eigenvalue weighted by Gasteiger charge is -2.18. The summed E-state index contributed by atoms with van der Waals surface area (Å²) in [7, 11) is -3.18. The second-order valence-corrected chi connectivity index (χ2v) is 13.7. The predicted octanol–water partition coefficient (Wildman–Crippen LogP) is 12.2. The van der Waals surface area contributed by atoms with Crippen molar-refractivity contribution in [2.75, 3.05) is 19.8 Å². The SMILES string of the molecule is CCCCCCCCCCCCCCCCCCCCCCCCCCCCCCNNP(=O)(OCC)OCC. The van der Waals surface area contributed by atoms with Crippen LogP contribution in [0.4, 0.5) is 0 Å². The number of rotatable bonds is 35. The number of hydrogen-bond donors (Lipinski definition) is 2. The highest BCUT2D eigenvalue weighted by Gasteiger charge is 2.22. The van der Waals surface area contributed by atoms with Gasteiger partial charge in [-0.25, -0.2) is 9.99 Å². The van der Waals surface area contributed by atoms with E-state index < -0.39 is 7.75 Å². The monoisotopic (exact) mass is 589 g/mol. The second kappa shape index (κ2) is 33.6. The van der Waals surface area contributed by atoms with E-state index in [-0.39, 0.29) is 0 Å². The first-order chi connectivity index (χ1) is 19.7. The van der Waals surface area contributed by atoms with E-state index in [9.17, 15) is 4.57 Å². The summed E-state index contributed by atoms with van der Waals surface area (Å²) in [4.78, 5) is 0. The molecule has 0 aromatic heterocycles. The molecule has 0 unspecified atom stereocenters. The van der Waals surface area contributed by atoms with Gasteiger partial charge in [0.1, 0.15) is 0 Å². The summed E-state index contributed by atoms with van der Waals surface area (Å²) in [5.41, 5.74) is 3.00. The third-order valence-corrected chi connectivity index (χ3v) is 9.60. The first-order valence-electron chi connectivity index (χ1n) is 18.1. The molecule has 0 fully saturated rings. The van der Waals surface area contributed by atoms with E-state index in [4.69, 9.17) is 9.05 Å². The Hall–Kier alpha value is 0.0700. The molecule has 0 aliphatic carbocycles. The molecule has 0 saturated heterocycles. The van der Waals surface area contributed by atoms with Crippen LogP contribution in [0, 0.1) is 0 Å². The minimum Gasteiger partial charge on any atom is -0.296 e. The fourth-order valence-corrected chi connectivity index (χ4v) is 6.67. The molecule has 40 heavy (non-hydrogen) atoms. The molecule has 5 nitrogen and oxygen atoms in total. The first-order valence-corrected chi connectivity index (χ1v) is 19.6. The van der Waals surface area contributed by atoms with Gasteiger partial charge in [-0.15, -0.1) is 0 Å². The zero-order valence-corrected chi connectivity index (χ0v) is 28.5. The smallest absolute Gasteiger partial charge is 0.296 e. The van der Waals surface area contributed by atoms with Crippen LogP contribution in [-0.2, 0) is 13.6 Å². The summed E-state index contributed by atoms with van der Waals surface area (Å²) in [6.07, 6.45) is 39.7. The summed E-state index contributed by atoms with van der Waals surface area (Å²) in [6.45, 7) is 7.45. The molecule has 0 heterocycles. The molecule has 0 amide bonds. The third-order valence-electron chi connectivity index (χ3n) is 7.97. The Labute approximate surface area is 252 Å². The van der Waals surface area contributed by atoms with Crippen molar-refractivity contribution in [1.29, 1.82) is 0 Å². The Morgan fingerprint density at radius 1 is 0.400 bits per heavy atom. The van der Waals surface area contributed by atoms with Gasteiger partial charge in [-0.1, -0.05) is 180 Å². The molecule has 0 radical (unpaired) electrons. The molecule has 0 bridgehead atoms. The Bertz CT molecular complexity index is 511. The van der Waals surface area contributed by atoms with Crippen molar-refractivity contribution in [3.8, 4) is 0 Å². The predicted molar refractivity (Wildman–Crippen MR) is 177 cm³/mol. The molecule has 0 rings (SSSR count). The Morgan fingerprint density at radius 3 is 0.900 bits per heavy atom. The molecule has 2 N–H and O–H groups in total. The van der Waals surface area contributed by atoms with Gasteiger partial charge in [-0.05, 0) is 20.3 Å². The van der Waals surface area contributed by atoms with Gasteiger partial charge in [0.2, 0.25) is 0 Å². The van der Waals surface area contributed by atoms with Gasteiger partial charge < -0.3 is 0 Å². The average molecular weight is 589 g/mol. The van der Waals surface area contributed by atoms with Crippen LogP contribution >= 0.6 is 7.75 Å². The molecule has 6 heteroatoms. The van der Waals surface area contributed by atoms with Crippen LogP contribution in [0.15, 0.2) is 0 Å². The maximum Gasteiger partial charge on any atom is 0.418 e. The van der Waals surface area contributed by atoms with Crippen molar-refractivity contribution >= 4 is 7.75 Å². The van der Waals surface area contributed by atoms with Gasteiger partial charge >= 0.3 is 7.75 Å². The van der Waals surface area contributed by atoms with E-state index in [2.05, 4.69) is 17.5 Å². The maximum atomic E-state index is 12.3. The molecule has 0 aliphatic rings. The summed E-state index contributed by atoms with van der Waals surface area (Å²) in [6, 6.07) is 0. The molecule has 242 valence electrons. The average Bonchev–Trinajstić information content (AvgIpc) is 2.94. The fourth-order valence-electron chi connectivity index (χ4n) is 5.48. The van der Waals surface area contributed by atoms with Gasteiger partial charge in [0.25, 0.3) is 0 Å². The highest BCUT2D eigenvalue weighted by molar-refractivity contribution is 7.51. The first kappa shape index (κ1) is 40.1. The molecule has 0 aromatic carbocycles. The van der Waals surface area contributed by atoms with Gasteiger partial charge in [0.05, 0.1) is 13.2 Å². The van der Waals surface area contributed by atoms with Crippen LogP contribution in [0.1, 0.15) is 201 Å². The van der Waals surface area contributed by atoms with Crippen molar-refractivity contribution in [2.45, 2.75) is 201 Å². The zero-order valence-electron chi connectivity index (χ0n) is 27.6. The van der Waals surface area contributed by atoms with E-state index in [0.717, 1.165) is 13.0 Å². The topological polar surface area (TPSA) is 59.6 Å². The van der Waals surface area contributed by atoms with Crippen LogP contribution in [0.25, 0.3) is 0 Å². The molecule has 0 aromatic rings. The van der Waals surface area contributed by atoms with Gasteiger partial charge in [0, 0.05) is 6.54 Å². The summed E-state index contributed by atoms with van der Waals surface area (Å²) < 4.78 is 22.6. The lowest BCUT2D eigenvalue weighted by Crippen LogP contribution is -2.31. The molecular weight excluding hydrogens is 515 g/mol. The number of hydrogen-bond acceptors (Lipinski definition) is 4. The van der Waals surface area contributed by atoms with E-state index >= 15 is 0 Å². The minimum absolute atomic E-state index is 0.367. The quantitative estimate of drug-likeness (QED) is 0.0438. The number of nitrogens with one attached hydrogen (secondary N) is 2. The van der Waals surface area contributed by atoms with Crippen LogP contribution < -0.4 is 10.6 Å². The Balaban J connectivity index is 3.15. The van der Waals surface area contributed by atoms with E-state index in [1.54, 1.807) is 0 Å². The minimum atomic E-state index is -3.18. The Kier molecular flexibility index (Phi) is 33.6. The normalized spacial score (nSPS) is 12.0. The standard InChI is InChI=1S/C34H73N2O3P/c1-4-7-8-9-10-11-12-13-14-15-16-17-18-19-20-21-22-23-24-25-26-27-28-29-30-31-32-33-34-35-36-40(37,38-5-2)39-6-3/h35H,4-34H2,1-3H3,(H,36,37). The number of unbranched alkanes of at least 4 members (excludes halogenated alkanes) is 27. The zero-order chi connectivity index (χ0) is 29.2. The molecule has 0 spiro atoms. The second-order valence-electron chi connectivity index (χ2n) is 11.9. The van der Waals surface area contributed by atoms with Crippen LogP contribution in [-0.4, -0.2) is 19.8 Å². The van der Waals surface area contributed by atoms with Crippen LogP contribution in [0.5, 0.6) is 0 Å². The van der Waals surface area contributed by atoms with Crippen LogP contribution in [0.3, 0.4) is 0 Å². The summed E-state index contributed by atoms with van der Waals surface area (Å²) >= 11 is 0. The molecule has 0 saturated carbocycles. The lowest BCUT2D eigenvalue weighted by molar-refractivity contribution is 0.205. The van der Waals surface area contributed by atoms with Crippen molar-refractivity contribution in [3.63, 3.8) is 0 Å². The van der Waals surface area contributed by atoms with E-state index in [1.165, 1.54) is 173 Å². The number of hydrazine groups is 1. The van der Waals surface area contributed by atoms with Gasteiger partial charge in [0.15, 0.2) is 0 Å². The van der Waals surface area contributed by atoms with Gasteiger partial charge in [-0.3, -0.25) is 9.05 Å². The van der Waals surface area contributed by atoms with Crippen molar-refractivity contribution in [3.05, 3.63) is 0 Å². The molecule has 0 aliphatic heterocycles. The lowest BCUT2D eigenvalue weighted by atomic mass is 10.0. The summed E-state index contributed by atoms with van der Waals surface area (Å²) in [5, 5.41) is 2.73. The fraction of sp³-hybridized carbons (Fsp3) is 1.00. The largest absolute Gasteiger partial charge is 0.418 e. The van der Waals surface area contributed by atoms with Crippen molar-refractivity contribution < 1.29 is 13.6 Å². The molecular formula is C34H73N2O3P. The maximum absolute atomic E-state index is 12.3. The Morgan fingerprint density at radius 2 is 0.650 bits per heavy atom. The van der Waals surface area contributed by atoms with E-state index in [0.29, 0.717) is 13.2 Å². The van der Waals surface area contributed by atoms with Crippen LogP contribution in [0.2, 0.25) is 0 Å². The van der Waals surface area contributed by atoms with Gasteiger partial charge in [-0.2, -0.15) is 5.20 Å². The van der Waals surface area contributed by atoms with Crippen molar-refractivity contribution in [2.24, 2.45) is 0 Å². The summed E-state index contributed by atoms with van der Waals surface area (Å²) in [5.74, 6) is 0.